The number of thioether (sulfide) groups is 1. The summed E-state index contributed by atoms with van der Waals surface area (Å²) >= 11 is 1.78. The third-order valence-corrected chi connectivity index (χ3v) is 4.53. The first kappa shape index (κ1) is 13.0. The number of fused-ring (bicyclic) bond motifs is 1. The van der Waals surface area contributed by atoms with E-state index in [9.17, 15) is 0 Å². The number of para-hydroxylation sites is 2. The maximum Gasteiger partial charge on any atom is 0.0705 e. The zero-order valence-corrected chi connectivity index (χ0v) is 12.2. The van der Waals surface area contributed by atoms with Crippen LogP contribution in [0.3, 0.4) is 0 Å². The van der Waals surface area contributed by atoms with E-state index in [1.165, 1.54) is 10.9 Å². The van der Waals surface area contributed by atoms with E-state index in [-0.39, 0.29) is 0 Å². The van der Waals surface area contributed by atoms with Crippen molar-refractivity contribution in [2.45, 2.75) is 17.6 Å². The molecule has 0 fully saturated rings. The Kier molecular flexibility index (Phi) is 3.61. The van der Waals surface area contributed by atoms with Crippen LogP contribution in [0.25, 0.3) is 10.9 Å². The van der Waals surface area contributed by atoms with Gasteiger partial charge >= 0.3 is 0 Å². The average molecular weight is 280 g/mol. The molecule has 2 N–H and O–H groups in total. The SMILES string of the molecule is Cc1cccc(SCc2ccnc3ccccc23)c1N. The van der Waals surface area contributed by atoms with Crippen LogP contribution in [0.15, 0.2) is 59.6 Å². The minimum Gasteiger partial charge on any atom is -0.398 e. The minimum atomic E-state index is 0.885. The van der Waals surface area contributed by atoms with Gasteiger partial charge in [-0.2, -0.15) is 0 Å². The Morgan fingerprint density at radius 2 is 1.90 bits per heavy atom. The van der Waals surface area contributed by atoms with Gasteiger partial charge in [0.2, 0.25) is 0 Å². The standard InChI is InChI=1S/C17H16N2S/c1-12-5-4-8-16(17(12)18)20-11-13-9-10-19-15-7-3-2-6-14(13)15/h2-10H,11,18H2,1H3. The zero-order valence-electron chi connectivity index (χ0n) is 11.3. The second-order valence-electron chi connectivity index (χ2n) is 4.76. The van der Waals surface area contributed by atoms with E-state index < -0.39 is 0 Å². The van der Waals surface area contributed by atoms with Crippen molar-refractivity contribution in [1.29, 1.82) is 0 Å². The minimum absolute atomic E-state index is 0.885. The molecule has 0 aliphatic heterocycles. The number of nitrogens with zero attached hydrogens (tertiary/aromatic N) is 1. The Labute approximate surface area is 123 Å². The van der Waals surface area contributed by atoms with Gasteiger partial charge in [-0.25, -0.2) is 0 Å². The fraction of sp³-hybridized carbons (Fsp3) is 0.118. The fourth-order valence-corrected chi connectivity index (χ4v) is 3.27. The van der Waals surface area contributed by atoms with Crippen molar-refractivity contribution in [3.05, 3.63) is 65.9 Å². The molecule has 0 bridgehead atoms. The van der Waals surface area contributed by atoms with Gasteiger partial charge in [0.25, 0.3) is 0 Å². The third-order valence-electron chi connectivity index (χ3n) is 3.41. The smallest absolute Gasteiger partial charge is 0.0705 e. The molecule has 1 heterocycles. The predicted octanol–water partition coefficient (Wildman–Crippen LogP) is 4.42. The summed E-state index contributed by atoms with van der Waals surface area (Å²) in [6.07, 6.45) is 1.87. The lowest BCUT2D eigenvalue weighted by atomic mass is 10.1. The molecular weight excluding hydrogens is 264 g/mol. The van der Waals surface area contributed by atoms with Crippen molar-refractivity contribution in [3.8, 4) is 0 Å². The molecule has 0 saturated carbocycles. The number of anilines is 1. The Morgan fingerprint density at radius 1 is 1.05 bits per heavy atom. The molecule has 3 heteroatoms. The van der Waals surface area contributed by atoms with Gasteiger partial charge in [-0.15, -0.1) is 11.8 Å². The highest BCUT2D eigenvalue weighted by molar-refractivity contribution is 7.98. The molecule has 0 saturated heterocycles. The Morgan fingerprint density at radius 3 is 2.80 bits per heavy atom. The first-order valence-corrected chi connectivity index (χ1v) is 7.55. The molecule has 0 unspecified atom stereocenters. The maximum atomic E-state index is 6.13. The van der Waals surface area contributed by atoms with Gasteiger partial charge in [0, 0.05) is 27.9 Å². The molecule has 2 aromatic carbocycles. The van der Waals surface area contributed by atoms with Gasteiger partial charge in [-0.05, 0) is 36.2 Å². The van der Waals surface area contributed by atoms with Crippen LogP contribution in [0.1, 0.15) is 11.1 Å². The van der Waals surface area contributed by atoms with Crippen LogP contribution in [0.4, 0.5) is 5.69 Å². The number of nitrogen functional groups attached to an aromatic ring is 1. The fourth-order valence-electron chi connectivity index (χ4n) is 2.22. The second kappa shape index (κ2) is 5.55. The normalized spacial score (nSPS) is 10.8. The van der Waals surface area contributed by atoms with Gasteiger partial charge in [0.15, 0.2) is 0 Å². The number of rotatable bonds is 3. The van der Waals surface area contributed by atoms with Crippen LogP contribution in [0.5, 0.6) is 0 Å². The molecule has 100 valence electrons. The number of benzene rings is 2. The van der Waals surface area contributed by atoms with Crippen molar-refractivity contribution in [1.82, 2.24) is 4.98 Å². The van der Waals surface area contributed by atoms with E-state index >= 15 is 0 Å². The highest BCUT2D eigenvalue weighted by Crippen LogP contribution is 2.31. The molecular formula is C17H16N2S. The van der Waals surface area contributed by atoms with Crippen LogP contribution in [-0.4, -0.2) is 4.98 Å². The number of aromatic nitrogens is 1. The summed E-state index contributed by atoms with van der Waals surface area (Å²) in [5.74, 6) is 0.899. The summed E-state index contributed by atoms with van der Waals surface area (Å²) in [5, 5.41) is 1.22. The Bertz CT molecular complexity index is 748. The summed E-state index contributed by atoms with van der Waals surface area (Å²) in [6, 6.07) is 16.5. The van der Waals surface area contributed by atoms with E-state index in [1.54, 1.807) is 11.8 Å². The summed E-state index contributed by atoms with van der Waals surface area (Å²) in [6.45, 7) is 2.04. The molecule has 20 heavy (non-hydrogen) atoms. The van der Waals surface area contributed by atoms with Crippen molar-refractivity contribution in [2.75, 3.05) is 5.73 Å². The van der Waals surface area contributed by atoms with Gasteiger partial charge < -0.3 is 5.73 Å². The molecule has 2 nitrogen and oxygen atoms in total. The highest BCUT2D eigenvalue weighted by Gasteiger charge is 2.05. The number of nitrogens with two attached hydrogens (primary N) is 1. The number of pyridine rings is 1. The molecule has 0 aliphatic carbocycles. The molecule has 0 amide bonds. The van der Waals surface area contributed by atoms with E-state index in [0.717, 1.165) is 27.4 Å². The first-order valence-electron chi connectivity index (χ1n) is 6.56. The quantitative estimate of drug-likeness (QED) is 0.570. The third kappa shape index (κ3) is 2.49. The first-order chi connectivity index (χ1) is 9.75. The lowest BCUT2D eigenvalue weighted by Crippen LogP contribution is -1.93. The molecule has 3 rings (SSSR count). The molecule has 0 spiro atoms. The molecule has 3 aromatic rings. The predicted molar refractivity (Wildman–Crippen MR) is 86.9 cm³/mol. The number of hydrogen-bond donors (Lipinski definition) is 1. The summed E-state index contributed by atoms with van der Waals surface area (Å²) in [5.41, 5.74) is 10.5. The van der Waals surface area contributed by atoms with Crippen molar-refractivity contribution >= 4 is 28.4 Å². The summed E-state index contributed by atoms with van der Waals surface area (Å²) in [4.78, 5) is 5.54. The maximum absolute atomic E-state index is 6.13. The van der Waals surface area contributed by atoms with Crippen molar-refractivity contribution in [3.63, 3.8) is 0 Å². The van der Waals surface area contributed by atoms with Gasteiger partial charge in [-0.1, -0.05) is 30.3 Å². The van der Waals surface area contributed by atoms with Crippen molar-refractivity contribution in [2.24, 2.45) is 0 Å². The van der Waals surface area contributed by atoms with Crippen LogP contribution < -0.4 is 5.73 Å². The van der Waals surface area contributed by atoms with Crippen molar-refractivity contribution < 1.29 is 0 Å². The van der Waals surface area contributed by atoms with Gasteiger partial charge in [0.1, 0.15) is 0 Å². The Hall–Kier alpha value is -2.00. The monoisotopic (exact) mass is 280 g/mol. The molecule has 0 atom stereocenters. The van der Waals surface area contributed by atoms with E-state index in [4.69, 9.17) is 5.73 Å². The Balaban J connectivity index is 1.89. The van der Waals surface area contributed by atoms with Crippen LogP contribution >= 0.6 is 11.8 Å². The van der Waals surface area contributed by atoms with Gasteiger partial charge in [0.05, 0.1) is 5.52 Å². The molecule has 0 aliphatic rings. The topological polar surface area (TPSA) is 38.9 Å². The van der Waals surface area contributed by atoms with E-state index in [0.29, 0.717) is 0 Å². The molecule has 0 radical (unpaired) electrons. The summed E-state index contributed by atoms with van der Waals surface area (Å²) in [7, 11) is 0. The molecule has 1 aromatic heterocycles. The second-order valence-corrected chi connectivity index (χ2v) is 5.78. The lowest BCUT2D eigenvalue weighted by molar-refractivity contribution is 1.33. The summed E-state index contributed by atoms with van der Waals surface area (Å²) < 4.78 is 0. The van der Waals surface area contributed by atoms with Gasteiger partial charge in [-0.3, -0.25) is 4.98 Å². The largest absolute Gasteiger partial charge is 0.398 e. The van der Waals surface area contributed by atoms with Crippen LogP contribution in [0, 0.1) is 6.92 Å². The number of aryl methyl sites for hydroxylation is 1. The van der Waals surface area contributed by atoms with E-state index in [2.05, 4.69) is 35.3 Å². The number of hydrogen-bond acceptors (Lipinski definition) is 3. The van der Waals surface area contributed by atoms with Crippen LogP contribution in [-0.2, 0) is 5.75 Å². The zero-order chi connectivity index (χ0) is 13.9. The average Bonchev–Trinajstić information content (AvgIpc) is 2.49. The highest BCUT2D eigenvalue weighted by atomic mass is 32.2. The lowest BCUT2D eigenvalue weighted by Gasteiger charge is -2.09. The van der Waals surface area contributed by atoms with E-state index in [1.807, 2.05) is 31.3 Å². The van der Waals surface area contributed by atoms with Crippen LogP contribution in [0.2, 0.25) is 0 Å².